The Morgan fingerprint density at radius 1 is 0.927 bits per heavy atom. The lowest BCUT2D eigenvalue weighted by Crippen LogP contribution is -2.56. The summed E-state index contributed by atoms with van der Waals surface area (Å²) < 4.78 is 0. The Balaban J connectivity index is 3.24. The Hall–Kier alpha value is -3.74. The van der Waals surface area contributed by atoms with Crippen molar-refractivity contribution < 1.29 is 43.8 Å². The SMILES string of the molecule is CSCC[C@H]1NC(=O)CSC[C@@H](C(=O)O)NC(=O)[C@H](CC(=O)O)NC(=O)CNC(=O)[C@H](CCCN=C(N)N)NC1=O. The first-order chi connectivity index (χ1) is 19.3. The van der Waals surface area contributed by atoms with Gasteiger partial charge in [0, 0.05) is 12.3 Å². The van der Waals surface area contributed by atoms with Crippen LogP contribution < -0.4 is 38.1 Å². The number of nitrogens with zero attached hydrogens (tertiary/aromatic N) is 1. The number of rotatable bonds is 10. The molecule has 4 atom stereocenters. The van der Waals surface area contributed by atoms with E-state index in [-0.39, 0.29) is 43.3 Å². The maximum absolute atomic E-state index is 13.1. The van der Waals surface area contributed by atoms with Crippen molar-refractivity contribution in [2.24, 2.45) is 16.5 Å². The highest BCUT2D eigenvalue weighted by atomic mass is 32.2. The van der Waals surface area contributed by atoms with Gasteiger partial charge < -0.3 is 48.3 Å². The first-order valence-corrected chi connectivity index (χ1v) is 14.9. The van der Waals surface area contributed by atoms with E-state index < -0.39 is 78.6 Å². The van der Waals surface area contributed by atoms with Gasteiger partial charge in [-0.1, -0.05) is 0 Å². The largest absolute Gasteiger partial charge is 0.481 e. The van der Waals surface area contributed by atoms with Crippen LogP contribution in [0.4, 0.5) is 0 Å². The minimum absolute atomic E-state index is 0.0651. The standard InChI is InChI=1S/C22H36N8O9S2/c1-40-6-4-12-19(36)29-11(3-2-5-25-22(23)24)18(35)26-8-15(31)28-13(7-17(33)34)20(37)30-14(21(38)39)9-41-10-16(32)27-12/h11-14H,2-10H2,1H3,(H,26,35)(H,27,32)(H,28,31)(H,29,36)(H,30,37)(H,33,34)(H,38,39)(H4,23,24,25)/t11-,12+,13-,14-/m0/s1. The van der Waals surface area contributed by atoms with Crippen LogP contribution in [-0.2, 0) is 33.6 Å². The highest BCUT2D eigenvalue weighted by molar-refractivity contribution is 8.00. The Morgan fingerprint density at radius 3 is 2.17 bits per heavy atom. The molecular formula is C22H36N8O9S2. The summed E-state index contributed by atoms with van der Waals surface area (Å²) in [5.74, 6) is -7.10. The normalized spacial score (nSPS) is 23.4. The second kappa shape index (κ2) is 18.6. The fraction of sp³-hybridized carbons (Fsp3) is 0.636. The Kier molecular flexibility index (Phi) is 16.0. The van der Waals surface area contributed by atoms with E-state index >= 15 is 0 Å². The number of carboxylic acid groups (broad SMARTS) is 2. The topological polar surface area (TPSA) is 284 Å². The van der Waals surface area contributed by atoms with Crippen LogP contribution in [0.5, 0.6) is 0 Å². The molecule has 19 heteroatoms. The maximum atomic E-state index is 13.1. The van der Waals surface area contributed by atoms with Gasteiger partial charge in [-0.2, -0.15) is 11.8 Å². The molecule has 1 rings (SSSR count). The predicted molar refractivity (Wildman–Crippen MR) is 151 cm³/mol. The summed E-state index contributed by atoms with van der Waals surface area (Å²) in [6.45, 7) is -0.539. The molecule has 41 heavy (non-hydrogen) atoms. The third kappa shape index (κ3) is 14.5. The summed E-state index contributed by atoms with van der Waals surface area (Å²) in [4.78, 5) is 90.5. The number of guanidine groups is 1. The fourth-order valence-electron chi connectivity index (χ4n) is 3.42. The summed E-state index contributed by atoms with van der Waals surface area (Å²) in [5, 5.41) is 30.4. The second-order valence-electron chi connectivity index (χ2n) is 8.76. The van der Waals surface area contributed by atoms with Gasteiger partial charge in [-0.05, 0) is 31.3 Å². The number of amides is 5. The lowest BCUT2D eigenvalue weighted by molar-refractivity contribution is -0.143. The molecular weight excluding hydrogens is 584 g/mol. The molecule has 0 radical (unpaired) electrons. The number of carboxylic acids is 2. The molecule has 1 aliphatic heterocycles. The number of nitrogens with one attached hydrogen (secondary N) is 5. The average molecular weight is 621 g/mol. The summed E-state index contributed by atoms with van der Waals surface area (Å²) in [6, 6.07) is -5.33. The van der Waals surface area contributed by atoms with E-state index in [1.54, 1.807) is 0 Å². The second-order valence-corrected chi connectivity index (χ2v) is 10.8. The Morgan fingerprint density at radius 2 is 1.56 bits per heavy atom. The molecule has 0 bridgehead atoms. The van der Waals surface area contributed by atoms with Crippen LogP contribution in [0.3, 0.4) is 0 Å². The third-order valence-electron chi connectivity index (χ3n) is 5.43. The minimum atomic E-state index is -1.65. The number of thioether (sulfide) groups is 2. The summed E-state index contributed by atoms with van der Waals surface area (Å²) in [6.07, 6.45) is 1.51. The highest BCUT2D eigenvalue weighted by Crippen LogP contribution is 2.08. The Bertz CT molecular complexity index is 1010. The quantitative estimate of drug-likeness (QED) is 0.0643. The van der Waals surface area contributed by atoms with Crippen LogP contribution >= 0.6 is 23.5 Å². The number of hydrogen-bond donors (Lipinski definition) is 9. The lowest BCUT2D eigenvalue weighted by Gasteiger charge is -2.24. The van der Waals surface area contributed by atoms with Gasteiger partial charge in [0.2, 0.25) is 29.5 Å². The van der Waals surface area contributed by atoms with Crippen molar-refractivity contribution in [2.45, 2.75) is 49.9 Å². The van der Waals surface area contributed by atoms with E-state index in [0.717, 1.165) is 11.8 Å². The van der Waals surface area contributed by atoms with Gasteiger partial charge in [0.05, 0.1) is 18.7 Å². The van der Waals surface area contributed by atoms with Gasteiger partial charge in [-0.3, -0.25) is 33.8 Å². The van der Waals surface area contributed by atoms with Crippen LogP contribution in [-0.4, -0.2) is 118 Å². The van der Waals surface area contributed by atoms with Gasteiger partial charge in [0.1, 0.15) is 24.2 Å². The zero-order valence-electron chi connectivity index (χ0n) is 22.3. The van der Waals surface area contributed by atoms with Crippen molar-refractivity contribution in [3.63, 3.8) is 0 Å². The van der Waals surface area contributed by atoms with Gasteiger partial charge >= 0.3 is 11.9 Å². The van der Waals surface area contributed by atoms with Crippen molar-refractivity contribution in [1.29, 1.82) is 0 Å². The molecule has 11 N–H and O–H groups in total. The molecule has 0 aliphatic carbocycles. The molecule has 0 aromatic carbocycles. The van der Waals surface area contributed by atoms with Gasteiger partial charge in [0.25, 0.3) is 0 Å². The van der Waals surface area contributed by atoms with E-state index in [2.05, 4.69) is 31.6 Å². The van der Waals surface area contributed by atoms with Crippen molar-refractivity contribution in [3.8, 4) is 0 Å². The number of aliphatic imine (C=N–C) groups is 1. The van der Waals surface area contributed by atoms with Crippen LogP contribution in [0.25, 0.3) is 0 Å². The molecule has 0 unspecified atom stereocenters. The number of nitrogens with two attached hydrogens (primary N) is 2. The Labute approximate surface area is 244 Å². The molecule has 5 amide bonds. The first-order valence-electron chi connectivity index (χ1n) is 12.4. The molecule has 0 spiro atoms. The number of carbonyl (C=O) groups excluding carboxylic acids is 5. The molecule has 1 aliphatic rings. The summed E-state index contributed by atoms with van der Waals surface area (Å²) in [5.41, 5.74) is 10.6. The monoisotopic (exact) mass is 620 g/mol. The van der Waals surface area contributed by atoms with Gasteiger partial charge in [-0.15, -0.1) is 11.8 Å². The van der Waals surface area contributed by atoms with Crippen LogP contribution in [0, 0.1) is 0 Å². The fourth-order valence-corrected chi connectivity index (χ4v) is 4.74. The zero-order chi connectivity index (χ0) is 30.9. The van der Waals surface area contributed by atoms with Crippen LogP contribution in [0.2, 0.25) is 0 Å². The van der Waals surface area contributed by atoms with Crippen molar-refractivity contribution in [2.75, 3.05) is 36.6 Å². The molecule has 1 saturated heterocycles. The summed E-state index contributed by atoms with van der Waals surface area (Å²) in [7, 11) is 0. The molecule has 0 saturated carbocycles. The number of aliphatic carboxylic acids is 2. The van der Waals surface area contributed by atoms with E-state index in [0.29, 0.717) is 5.75 Å². The minimum Gasteiger partial charge on any atom is -0.481 e. The van der Waals surface area contributed by atoms with Crippen molar-refractivity contribution >= 4 is 71.0 Å². The van der Waals surface area contributed by atoms with E-state index in [4.69, 9.17) is 16.6 Å². The molecule has 1 fully saturated rings. The van der Waals surface area contributed by atoms with Crippen molar-refractivity contribution in [3.05, 3.63) is 0 Å². The van der Waals surface area contributed by atoms with Gasteiger partial charge in [0.15, 0.2) is 5.96 Å². The van der Waals surface area contributed by atoms with Gasteiger partial charge in [-0.25, -0.2) is 4.79 Å². The van der Waals surface area contributed by atoms with Crippen LogP contribution in [0.1, 0.15) is 25.7 Å². The van der Waals surface area contributed by atoms with Crippen LogP contribution in [0.15, 0.2) is 4.99 Å². The average Bonchev–Trinajstić information content (AvgIpc) is 2.89. The van der Waals surface area contributed by atoms with E-state index in [1.807, 2.05) is 6.26 Å². The summed E-state index contributed by atoms with van der Waals surface area (Å²) >= 11 is 2.29. The molecule has 0 aromatic heterocycles. The highest BCUT2D eigenvalue weighted by Gasteiger charge is 2.30. The number of carbonyl (C=O) groups is 7. The predicted octanol–water partition coefficient (Wildman–Crippen LogP) is -3.85. The first kappa shape index (κ1) is 35.3. The smallest absolute Gasteiger partial charge is 0.327 e. The molecule has 1 heterocycles. The van der Waals surface area contributed by atoms with E-state index in [9.17, 15) is 38.7 Å². The maximum Gasteiger partial charge on any atom is 0.327 e. The van der Waals surface area contributed by atoms with E-state index in [1.165, 1.54) is 11.8 Å². The molecule has 17 nitrogen and oxygen atoms in total. The zero-order valence-corrected chi connectivity index (χ0v) is 24.0. The molecule has 0 aromatic rings. The molecule has 230 valence electrons. The van der Waals surface area contributed by atoms with Crippen molar-refractivity contribution in [1.82, 2.24) is 26.6 Å². The number of hydrogen-bond acceptors (Lipinski definition) is 10. The lowest BCUT2D eigenvalue weighted by atomic mass is 10.1. The third-order valence-corrected chi connectivity index (χ3v) is 7.11.